The van der Waals surface area contributed by atoms with Crippen LogP contribution in [-0.2, 0) is 16.0 Å². The minimum Gasteiger partial charge on any atom is -0.492 e. The Labute approximate surface area is 209 Å². The first-order valence-electron chi connectivity index (χ1n) is 12.2. The molecule has 2 aromatic rings. The van der Waals surface area contributed by atoms with E-state index in [9.17, 15) is 9.90 Å². The van der Waals surface area contributed by atoms with Crippen LogP contribution in [0.15, 0.2) is 12.1 Å². The Morgan fingerprint density at radius 1 is 0.944 bits per heavy atom. The summed E-state index contributed by atoms with van der Waals surface area (Å²) in [7, 11) is 1.57. The lowest BCUT2D eigenvalue weighted by molar-refractivity contribution is -0.179. The van der Waals surface area contributed by atoms with Crippen LogP contribution in [0.2, 0.25) is 0 Å². The maximum atomic E-state index is 13.4. The molecule has 0 fully saturated rings. The first-order chi connectivity index (χ1) is 17.2. The summed E-state index contributed by atoms with van der Waals surface area (Å²) in [5.41, 5.74) is 1.38. The molecule has 2 bridgehead atoms. The highest BCUT2D eigenvalue weighted by Crippen LogP contribution is 2.59. The maximum Gasteiger partial charge on any atom is 0.338 e. The minimum absolute atomic E-state index is 0.0479. The Morgan fingerprint density at radius 2 is 1.64 bits per heavy atom. The third-order valence-corrected chi connectivity index (χ3v) is 8.11. The molecule has 0 radical (unpaired) electrons. The zero-order valence-corrected chi connectivity index (χ0v) is 21.0. The first-order valence-corrected chi connectivity index (χ1v) is 12.2. The van der Waals surface area contributed by atoms with Crippen LogP contribution in [0.4, 0.5) is 0 Å². The Balaban J connectivity index is 1.74. The fourth-order valence-corrected chi connectivity index (χ4v) is 5.44. The molecule has 1 N–H and O–H groups in total. The van der Waals surface area contributed by atoms with Crippen molar-refractivity contribution in [2.75, 3.05) is 27.3 Å². The summed E-state index contributed by atoms with van der Waals surface area (Å²) in [4.78, 5) is 13.4. The molecule has 1 unspecified atom stereocenters. The molecule has 4 aliphatic rings. The van der Waals surface area contributed by atoms with E-state index >= 15 is 0 Å². The molecule has 36 heavy (non-hydrogen) atoms. The van der Waals surface area contributed by atoms with E-state index in [0.29, 0.717) is 52.0 Å². The predicted octanol–water partition coefficient (Wildman–Crippen LogP) is 4.01. The van der Waals surface area contributed by atoms with Crippen molar-refractivity contribution < 1.29 is 43.1 Å². The van der Waals surface area contributed by atoms with E-state index in [2.05, 4.69) is 13.8 Å². The van der Waals surface area contributed by atoms with Crippen molar-refractivity contribution in [2.45, 2.75) is 45.8 Å². The molecule has 0 aromatic heterocycles. The van der Waals surface area contributed by atoms with Crippen LogP contribution >= 0.6 is 0 Å². The zero-order chi connectivity index (χ0) is 25.4. The molecular formula is C27H30O9. The van der Waals surface area contributed by atoms with Gasteiger partial charge in [0.05, 0.1) is 13.7 Å². The molecule has 3 heterocycles. The van der Waals surface area contributed by atoms with Crippen molar-refractivity contribution in [3.8, 4) is 45.6 Å². The number of ether oxygens (including phenoxy) is 7. The summed E-state index contributed by atoms with van der Waals surface area (Å²) in [5.74, 6) is 1.73. The van der Waals surface area contributed by atoms with Gasteiger partial charge in [-0.05, 0) is 37.0 Å². The van der Waals surface area contributed by atoms with E-state index in [-0.39, 0.29) is 32.0 Å². The molecule has 1 aliphatic carbocycles. The lowest BCUT2D eigenvalue weighted by atomic mass is 9.75. The van der Waals surface area contributed by atoms with Gasteiger partial charge in [-0.15, -0.1) is 0 Å². The maximum absolute atomic E-state index is 13.4. The third-order valence-electron chi connectivity index (χ3n) is 8.11. The number of hydrogen-bond donors (Lipinski definition) is 1. The smallest absolute Gasteiger partial charge is 0.338 e. The number of aliphatic hydroxyl groups is 1. The SMILES string of the molecule is COc1c2c(cc3c1-c1c4cc5c(c1OC[C@@H](C)[C@@](C)(O)C(=O)OC3[C@@H](C)[C@@H](C)C4)OCO5)OCO2. The van der Waals surface area contributed by atoms with Crippen LogP contribution in [0.5, 0.6) is 34.5 Å². The molecule has 2 aromatic carbocycles. The van der Waals surface area contributed by atoms with Gasteiger partial charge in [-0.2, -0.15) is 0 Å². The van der Waals surface area contributed by atoms with Crippen LogP contribution < -0.4 is 28.4 Å². The van der Waals surface area contributed by atoms with Gasteiger partial charge in [0.2, 0.25) is 25.1 Å². The Bertz CT molecular complexity index is 1250. The summed E-state index contributed by atoms with van der Waals surface area (Å²) in [5, 5.41) is 11.2. The molecule has 6 rings (SSSR count). The second-order valence-corrected chi connectivity index (χ2v) is 10.3. The zero-order valence-electron chi connectivity index (χ0n) is 21.0. The van der Waals surface area contributed by atoms with Gasteiger partial charge in [0.1, 0.15) is 6.10 Å². The van der Waals surface area contributed by atoms with Gasteiger partial charge in [-0.25, -0.2) is 4.79 Å². The predicted molar refractivity (Wildman–Crippen MR) is 127 cm³/mol. The molecule has 0 saturated heterocycles. The summed E-state index contributed by atoms with van der Waals surface area (Å²) in [6, 6.07) is 3.84. The van der Waals surface area contributed by atoms with Gasteiger partial charge in [-0.3, -0.25) is 0 Å². The number of carbonyl (C=O) groups excluding carboxylic acids is 1. The summed E-state index contributed by atoms with van der Waals surface area (Å²) < 4.78 is 41.7. The molecule has 0 amide bonds. The average molecular weight is 499 g/mol. The number of hydrogen-bond acceptors (Lipinski definition) is 9. The second kappa shape index (κ2) is 8.09. The molecule has 0 spiro atoms. The molecule has 9 heteroatoms. The average Bonchev–Trinajstić information content (AvgIpc) is 3.51. The highest BCUT2D eigenvalue weighted by molar-refractivity contribution is 5.89. The highest BCUT2D eigenvalue weighted by atomic mass is 16.7. The van der Waals surface area contributed by atoms with Crippen LogP contribution in [0.1, 0.15) is 44.9 Å². The van der Waals surface area contributed by atoms with Crippen LogP contribution in [0.25, 0.3) is 11.1 Å². The number of fused-ring (bicyclic) bond motifs is 3. The quantitative estimate of drug-likeness (QED) is 0.584. The van der Waals surface area contributed by atoms with Gasteiger partial charge >= 0.3 is 5.97 Å². The lowest BCUT2D eigenvalue weighted by Crippen LogP contribution is -2.46. The van der Waals surface area contributed by atoms with Gasteiger partial charge in [0, 0.05) is 28.5 Å². The Hall–Kier alpha value is -3.33. The first kappa shape index (κ1) is 23.1. The van der Waals surface area contributed by atoms with Crippen molar-refractivity contribution in [1.29, 1.82) is 0 Å². The fraction of sp³-hybridized carbons (Fsp3) is 0.519. The minimum atomic E-state index is -1.78. The van der Waals surface area contributed by atoms with E-state index in [1.54, 1.807) is 14.0 Å². The van der Waals surface area contributed by atoms with Crippen molar-refractivity contribution in [2.24, 2.45) is 17.8 Å². The van der Waals surface area contributed by atoms with E-state index in [1.807, 2.05) is 12.1 Å². The number of esters is 1. The molecule has 9 nitrogen and oxygen atoms in total. The molecular weight excluding hydrogens is 468 g/mol. The second-order valence-electron chi connectivity index (χ2n) is 10.3. The lowest BCUT2D eigenvalue weighted by Gasteiger charge is -2.36. The number of methoxy groups -OCH3 is 1. The van der Waals surface area contributed by atoms with Crippen molar-refractivity contribution >= 4 is 5.97 Å². The van der Waals surface area contributed by atoms with E-state index in [1.165, 1.54) is 6.92 Å². The summed E-state index contributed by atoms with van der Waals surface area (Å²) in [6.07, 6.45) is -0.0188. The third kappa shape index (κ3) is 3.21. The Kier molecular flexibility index (Phi) is 5.19. The van der Waals surface area contributed by atoms with Crippen LogP contribution in [-0.4, -0.2) is 44.0 Å². The van der Waals surface area contributed by atoms with Gasteiger partial charge in [-0.1, -0.05) is 20.8 Å². The normalized spacial score (nSPS) is 29.9. The van der Waals surface area contributed by atoms with Gasteiger partial charge in [0.15, 0.2) is 28.6 Å². The van der Waals surface area contributed by atoms with E-state index in [4.69, 9.17) is 33.2 Å². The van der Waals surface area contributed by atoms with E-state index < -0.39 is 23.6 Å². The topological polar surface area (TPSA) is 102 Å². The van der Waals surface area contributed by atoms with Gasteiger partial charge < -0.3 is 38.3 Å². The Morgan fingerprint density at radius 3 is 2.36 bits per heavy atom. The monoisotopic (exact) mass is 498 g/mol. The van der Waals surface area contributed by atoms with Gasteiger partial charge in [0.25, 0.3) is 0 Å². The van der Waals surface area contributed by atoms with Crippen LogP contribution in [0.3, 0.4) is 0 Å². The number of rotatable bonds is 1. The highest BCUT2D eigenvalue weighted by Gasteiger charge is 2.46. The molecule has 192 valence electrons. The summed E-state index contributed by atoms with van der Waals surface area (Å²) in [6.45, 7) is 7.57. The standard InChI is InChI=1S/C27H30O9/c1-12-6-15-7-17-23(35-10-32-17)25-19(15)20-16(8-18-22(24(20)30-5)34-11-33-18)21(14(12)3)36-26(28)27(4,29)13(2)9-31-25/h7-8,12-14,21,29H,6,9-11H2,1-5H3/t12-,13+,14-,21?,27+/m0/s1. The molecule has 3 aliphatic heterocycles. The summed E-state index contributed by atoms with van der Waals surface area (Å²) >= 11 is 0. The van der Waals surface area contributed by atoms with Crippen molar-refractivity contribution in [3.05, 3.63) is 23.3 Å². The van der Waals surface area contributed by atoms with Crippen molar-refractivity contribution in [3.63, 3.8) is 0 Å². The molecule has 5 atom stereocenters. The molecule has 0 saturated carbocycles. The largest absolute Gasteiger partial charge is 0.492 e. The van der Waals surface area contributed by atoms with Crippen molar-refractivity contribution in [1.82, 2.24) is 0 Å². The van der Waals surface area contributed by atoms with E-state index in [0.717, 1.165) is 11.1 Å². The number of carbonyl (C=O) groups is 1. The van der Waals surface area contributed by atoms with Crippen LogP contribution in [0, 0.1) is 17.8 Å². The number of benzene rings is 2. The fourth-order valence-electron chi connectivity index (χ4n) is 5.44.